The third-order valence-corrected chi connectivity index (χ3v) is 8.17. The van der Waals surface area contributed by atoms with E-state index in [1.165, 1.54) is 34.8 Å². The third kappa shape index (κ3) is 4.59. The van der Waals surface area contributed by atoms with Crippen molar-refractivity contribution in [3.63, 3.8) is 0 Å². The van der Waals surface area contributed by atoms with Crippen LogP contribution >= 0.6 is 34.9 Å². The van der Waals surface area contributed by atoms with Gasteiger partial charge in [0.05, 0.1) is 16.7 Å². The van der Waals surface area contributed by atoms with Gasteiger partial charge in [-0.05, 0) is 35.6 Å². The quantitative estimate of drug-likeness (QED) is 0.771. The molecule has 0 unspecified atom stereocenters. The van der Waals surface area contributed by atoms with Crippen molar-refractivity contribution >= 4 is 57.6 Å². The van der Waals surface area contributed by atoms with Crippen LogP contribution in [0.15, 0.2) is 29.6 Å². The van der Waals surface area contributed by atoms with Crippen LogP contribution in [0.5, 0.6) is 0 Å². The molecule has 1 aromatic carbocycles. The van der Waals surface area contributed by atoms with Crippen molar-refractivity contribution in [3.8, 4) is 0 Å². The van der Waals surface area contributed by atoms with Crippen molar-refractivity contribution in [1.82, 2.24) is 10.3 Å². The van der Waals surface area contributed by atoms with Gasteiger partial charge < -0.3 is 10.6 Å². The first-order chi connectivity index (χ1) is 13.2. The number of carbonyl (C=O) groups is 2. The third-order valence-electron chi connectivity index (χ3n) is 4.24. The van der Waals surface area contributed by atoms with Gasteiger partial charge in [0, 0.05) is 24.2 Å². The van der Waals surface area contributed by atoms with Gasteiger partial charge in [0.25, 0.3) is 0 Å². The van der Waals surface area contributed by atoms with Gasteiger partial charge in [-0.2, -0.15) is 0 Å². The molecule has 2 aliphatic rings. The molecule has 142 valence electrons. The summed E-state index contributed by atoms with van der Waals surface area (Å²) in [7, 11) is 0. The summed E-state index contributed by atoms with van der Waals surface area (Å²) in [5.41, 5.74) is 2.75. The molecule has 2 saturated heterocycles. The average molecular weight is 421 g/mol. The minimum absolute atomic E-state index is 0.0983. The van der Waals surface area contributed by atoms with E-state index in [0.717, 1.165) is 5.69 Å². The van der Waals surface area contributed by atoms with Crippen molar-refractivity contribution in [3.05, 3.63) is 40.9 Å². The van der Waals surface area contributed by atoms with E-state index >= 15 is 0 Å². The van der Waals surface area contributed by atoms with Crippen molar-refractivity contribution in [2.45, 2.75) is 17.4 Å². The predicted octanol–water partition coefficient (Wildman–Crippen LogP) is 3.72. The number of hydrogen-bond acceptors (Lipinski definition) is 6. The normalized spacial score (nSPS) is 17.8. The molecule has 3 amide bonds. The number of rotatable bonds is 5. The molecule has 6 nitrogen and oxygen atoms in total. The molecule has 2 fully saturated rings. The molecule has 9 heteroatoms. The number of urea groups is 1. The second-order valence-corrected chi connectivity index (χ2v) is 9.84. The Labute approximate surface area is 170 Å². The maximum absolute atomic E-state index is 12.4. The molecule has 3 heterocycles. The summed E-state index contributed by atoms with van der Waals surface area (Å²) in [5, 5.41) is 8.21. The highest BCUT2D eigenvalue weighted by molar-refractivity contribution is 8.16. The number of aromatic nitrogens is 1. The Kier molecular flexibility index (Phi) is 5.89. The Morgan fingerprint density at radius 1 is 1.33 bits per heavy atom. The second-order valence-electron chi connectivity index (χ2n) is 6.28. The van der Waals surface area contributed by atoms with E-state index in [0.29, 0.717) is 28.5 Å². The fourth-order valence-corrected chi connectivity index (χ4v) is 6.69. The number of nitrogens with zero attached hydrogens (tertiary/aromatic N) is 2. The Bertz CT molecular complexity index is 836. The Balaban J connectivity index is 1.37. The van der Waals surface area contributed by atoms with Gasteiger partial charge in [-0.1, -0.05) is 12.1 Å². The fourth-order valence-electron chi connectivity index (χ4n) is 2.97. The summed E-state index contributed by atoms with van der Waals surface area (Å²) in [4.78, 5) is 30.2. The molecule has 0 saturated carbocycles. The van der Waals surface area contributed by atoms with Gasteiger partial charge in [0.1, 0.15) is 0 Å². The van der Waals surface area contributed by atoms with Crippen LogP contribution < -0.4 is 15.5 Å². The summed E-state index contributed by atoms with van der Waals surface area (Å²) in [6.07, 6.45) is 1.46. The van der Waals surface area contributed by atoms with Crippen LogP contribution in [0.3, 0.4) is 0 Å². The first-order valence-electron chi connectivity index (χ1n) is 8.82. The van der Waals surface area contributed by atoms with Gasteiger partial charge in [-0.3, -0.25) is 9.69 Å². The van der Waals surface area contributed by atoms with E-state index < -0.39 is 0 Å². The lowest BCUT2D eigenvalue weighted by Gasteiger charge is -2.21. The summed E-state index contributed by atoms with van der Waals surface area (Å²) in [6.45, 7) is 1.24. The minimum Gasteiger partial charge on any atom is -0.336 e. The molecular weight excluding hydrogens is 400 g/mol. The van der Waals surface area contributed by atoms with Gasteiger partial charge in [0.2, 0.25) is 5.91 Å². The zero-order chi connectivity index (χ0) is 18.6. The largest absolute Gasteiger partial charge is 0.336 e. The van der Waals surface area contributed by atoms with Gasteiger partial charge >= 0.3 is 6.03 Å². The van der Waals surface area contributed by atoms with E-state index in [-0.39, 0.29) is 18.4 Å². The molecule has 0 radical (unpaired) electrons. The maximum Gasteiger partial charge on any atom is 0.323 e. The molecule has 0 aliphatic carbocycles. The molecule has 2 aliphatic heterocycles. The molecule has 4 rings (SSSR count). The summed E-state index contributed by atoms with van der Waals surface area (Å²) in [5.74, 6) is 2.28. The lowest BCUT2D eigenvalue weighted by Crippen LogP contribution is -2.27. The lowest BCUT2D eigenvalue weighted by molar-refractivity contribution is -0.115. The summed E-state index contributed by atoms with van der Waals surface area (Å²) < 4.78 is 0.448. The number of benzene rings is 1. The first-order valence-corrected chi connectivity index (χ1v) is 11.8. The van der Waals surface area contributed by atoms with Crippen LogP contribution in [0.4, 0.5) is 15.6 Å². The van der Waals surface area contributed by atoms with E-state index in [2.05, 4.69) is 27.8 Å². The van der Waals surface area contributed by atoms with E-state index in [1.807, 2.05) is 41.0 Å². The van der Waals surface area contributed by atoms with Crippen LogP contribution in [-0.2, 0) is 11.2 Å². The molecule has 0 atom stereocenters. The standard InChI is InChI=1S/C18H20N4O2S3/c23-15(10-14-11-27-18(21-14)22-6-5-19-17(22)24)20-13-4-1-3-12(9-13)16-25-7-2-8-26-16/h1,3-4,9,11,16H,2,5-8,10H2,(H,19,24)(H,20,23). The monoisotopic (exact) mass is 420 g/mol. The molecular formula is C18H20N4O2S3. The van der Waals surface area contributed by atoms with E-state index in [9.17, 15) is 9.59 Å². The molecule has 27 heavy (non-hydrogen) atoms. The smallest absolute Gasteiger partial charge is 0.323 e. The number of hydrogen-bond donors (Lipinski definition) is 2. The van der Waals surface area contributed by atoms with E-state index in [1.54, 1.807) is 4.90 Å². The average Bonchev–Trinajstić information content (AvgIpc) is 3.31. The number of thiazole rings is 1. The zero-order valence-electron chi connectivity index (χ0n) is 14.6. The first kappa shape index (κ1) is 18.6. The Morgan fingerprint density at radius 2 is 2.19 bits per heavy atom. The highest BCUT2D eigenvalue weighted by Gasteiger charge is 2.24. The van der Waals surface area contributed by atoms with Crippen molar-refractivity contribution in [1.29, 1.82) is 0 Å². The zero-order valence-corrected chi connectivity index (χ0v) is 17.1. The fraction of sp³-hybridized carbons (Fsp3) is 0.389. The molecule has 0 spiro atoms. The SMILES string of the molecule is O=C(Cc1csc(N2CCNC2=O)n1)Nc1cccc(C2SCCCS2)c1. The topological polar surface area (TPSA) is 74.3 Å². The number of amides is 3. The van der Waals surface area contributed by atoms with Crippen LogP contribution in [0, 0.1) is 0 Å². The summed E-state index contributed by atoms with van der Waals surface area (Å²) in [6, 6.07) is 7.97. The van der Waals surface area contributed by atoms with Gasteiger partial charge in [-0.15, -0.1) is 34.9 Å². The Hall–Kier alpha value is -1.71. The van der Waals surface area contributed by atoms with Crippen LogP contribution in [0.25, 0.3) is 0 Å². The number of anilines is 2. The number of thioether (sulfide) groups is 2. The molecule has 2 aromatic rings. The van der Waals surface area contributed by atoms with Crippen molar-refractivity contribution in [2.24, 2.45) is 0 Å². The Morgan fingerprint density at radius 3 is 2.96 bits per heavy atom. The maximum atomic E-state index is 12.4. The number of carbonyl (C=O) groups excluding carboxylic acids is 2. The predicted molar refractivity (Wildman–Crippen MR) is 114 cm³/mol. The van der Waals surface area contributed by atoms with Gasteiger partial charge in [-0.25, -0.2) is 9.78 Å². The van der Waals surface area contributed by atoms with Gasteiger partial charge in [0.15, 0.2) is 5.13 Å². The van der Waals surface area contributed by atoms with Crippen molar-refractivity contribution in [2.75, 3.05) is 34.8 Å². The molecule has 2 N–H and O–H groups in total. The lowest BCUT2D eigenvalue weighted by atomic mass is 10.2. The van der Waals surface area contributed by atoms with Crippen LogP contribution in [-0.4, -0.2) is 41.5 Å². The van der Waals surface area contributed by atoms with Crippen molar-refractivity contribution < 1.29 is 9.59 Å². The molecule has 1 aromatic heterocycles. The highest BCUT2D eigenvalue weighted by atomic mass is 32.2. The molecule has 0 bridgehead atoms. The summed E-state index contributed by atoms with van der Waals surface area (Å²) >= 11 is 5.32. The van der Waals surface area contributed by atoms with E-state index in [4.69, 9.17) is 0 Å². The van der Waals surface area contributed by atoms with Crippen LogP contribution in [0.1, 0.15) is 22.3 Å². The number of nitrogens with one attached hydrogen (secondary N) is 2. The second kappa shape index (κ2) is 8.53. The van der Waals surface area contributed by atoms with Crippen LogP contribution in [0.2, 0.25) is 0 Å². The minimum atomic E-state index is -0.129. The highest BCUT2D eigenvalue weighted by Crippen LogP contribution is 2.44.